The van der Waals surface area contributed by atoms with E-state index in [2.05, 4.69) is 10.3 Å². The van der Waals surface area contributed by atoms with E-state index in [0.29, 0.717) is 11.4 Å². The first kappa shape index (κ1) is 14.9. The minimum absolute atomic E-state index is 0.00951. The van der Waals surface area contributed by atoms with Gasteiger partial charge in [0.05, 0.1) is 16.3 Å². The number of aryl methyl sites for hydroxylation is 2. The zero-order valence-electron chi connectivity index (χ0n) is 11.4. The van der Waals surface area contributed by atoms with Gasteiger partial charge in [-0.1, -0.05) is 11.6 Å². The Morgan fingerprint density at radius 3 is 2.62 bits per heavy atom. The average Bonchev–Trinajstić information content (AvgIpc) is 2.42. The highest BCUT2D eigenvalue weighted by molar-refractivity contribution is 6.32. The lowest BCUT2D eigenvalue weighted by atomic mass is 10.1. The first-order valence-corrected chi connectivity index (χ1v) is 6.46. The molecule has 0 aliphatic carbocycles. The SMILES string of the molecule is Cc1ccc(NC(=O)c2ccc(Cl)c([N+](=O)[O-])c2)c(C)n1. The van der Waals surface area contributed by atoms with Gasteiger partial charge < -0.3 is 5.32 Å². The van der Waals surface area contributed by atoms with E-state index >= 15 is 0 Å². The van der Waals surface area contributed by atoms with E-state index in [-0.39, 0.29) is 16.3 Å². The smallest absolute Gasteiger partial charge is 0.288 e. The molecule has 0 unspecified atom stereocenters. The number of pyridine rings is 1. The van der Waals surface area contributed by atoms with Crippen molar-refractivity contribution < 1.29 is 9.72 Å². The van der Waals surface area contributed by atoms with E-state index in [9.17, 15) is 14.9 Å². The lowest BCUT2D eigenvalue weighted by molar-refractivity contribution is -0.384. The number of rotatable bonds is 3. The lowest BCUT2D eigenvalue weighted by Gasteiger charge is -2.08. The van der Waals surface area contributed by atoms with Crippen LogP contribution in [0.4, 0.5) is 11.4 Å². The predicted octanol–water partition coefficient (Wildman–Crippen LogP) is 3.51. The molecule has 0 bridgehead atoms. The summed E-state index contributed by atoms with van der Waals surface area (Å²) in [6.07, 6.45) is 0. The van der Waals surface area contributed by atoms with Crippen LogP contribution in [0.5, 0.6) is 0 Å². The second kappa shape index (κ2) is 5.88. The number of hydrogen-bond acceptors (Lipinski definition) is 4. The summed E-state index contributed by atoms with van der Waals surface area (Å²) in [5.41, 5.74) is 1.93. The molecule has 21 heavy (non-hydrogen) atoms. The first-order chi connectivity index (χ1) is 9.88. The Kier molecular flexibility index (Phi) is 4.18. The maximum absolute atomic E-state index is 12.1. The number of benzene rings is 1. The van der Waals surface area contributed by atoms with E-state index in [1.165, 1.54) is 12.1 Å². The van der Waals surface area contributed by atoms with E-state index in [1.807, 2.05) is 6.92 Å². The minimum Gasteiger partial charge on any atom is -0.320 e. The van der Waals surface area contributed by atoms with Crippen LogP contribution in [0.2, 0.25) is 5.02 Å². The molecule has 0 aliphatic rings. The number of nitro groups is 1. The number of anilines is 1. The van der Waals surface area contributed by atoms with E-state index in [1.54, 1.807) is 19.1 Å². The van der Waals surface area contributed by atoms with Gasteiger partial charge in [0.15, 0.2) is 0 Å². The van der Waals surface area contributed by atoms with Crippen molar-refractivity contribution in [3.05, 3.63) is 62.4 Å². The van der Waals surface area contributed by atoms with Crippen LogP contribution in [0.3, 0.4) is 0 Å². The van der Waals surface area contributed by atoms with Crippen molar-refractivity contribution in [1.82, 2.24) is 4.98 Å². The molecule has 0 atom stereocenters. The molecule has 1 N–H and O–H groups in total. The molecule has 1 aromatic carbocycles. The minimum atomic E-state index is -0.627. The molecule has 7 heteroatoms. The van der Waals surface area contributed by atoms with E-state index in [0.717, 1.165) is 11.8 Å². The van der Waals surface area contributed by atoms with Crippen molar-refractivity contribution in [3.63, 3.8) is 0 Å². The normalized spacial score (nSPS) is 10.2. The number of hydrogen-bond donors (Lipinski definition) is 1. The van der Waals surface area contributed by atoms with Crippen molar-refractivity contribution >= 4 is 28.9 Å². The van der Waals surface area contributed by atoms with Gasteiger partial charge in [-0.3, -0.25) is 19.9 Å². The van der Waals surface area contributed by atoms with Gasteiger partial charge in [0.25, 0.3) is 11.6 Å². The average molecular weight is 306 g/mol. The van der Waals surface area contributed by atoms with Gasteiger partial charge >= 0.3 is 0 Å². The molecule has 0 aliphatic heterocycles. The highest BCUT2D eigenvalue weighted by Crippen LogP contribution is 2.25. The number of nitro benzene ring substituents is 1. The number of carbonyl (C=O) groups is 1. The van der Waals surface area contributed by atoms with Gasteiger partial charge in [-0.15, -0.1) is 0 Å². The predicted molar refractivity (Wildman–Crippen MR) is 79.8 cm³/mol. The monoisotopic (exact) mass is 305 g/mol. The molecule has 2 aromatic rings. The van der Waals surface area contributed by atoms with Crippen molar-refractivity contribution in [1.29, 1.82) is 0 Å². The van der Waals surface area contributed by atoms with Crippen LogP contribution in [0, 0.1) is 24.0 Å². The van der Waals surface area contributed by atoms with Crippen LogP contribution in [-0.4, -0.2) is 15.8 Å². The number of aromatic nitrogens is 1. The largest absolute Gasteiger partial charge is 0.320 e. The van der Waals surface area contributed by atoms with Crippen molar-refractivity contribution in [2.45, 2.75) is 13.8 Å². The van der Waals surface area contributed by atoms with Gasteiger partial charge in [-0.25, -0.2) is 0 Å². The molecule has 1 heterocycles. The van der Waals surface area contributed by atoms with Crippen LogP contribution in [0.15, 0.2) is 30.3 Å². The second-order valence-corrected chi connectivity index (χ2v) is 4.87. The fourth-order valence-electron chi connectivity index (χ4n) is 1.81. The van der Waals surface area contributed by atoms with Gasteiger partial charge in [0, 0.05) is 17.3 Å². The summed E-state index contributed by atoms with van der Waals surface area (Å²) >= 11 is 5.72. The molecule has 0 saturated carbocycles. The molecule has 1 amide bonds. The zero-order chi connectivity index (χ0) is 15.6. The Hall–Kier alpha value is -2.47. The molecule has 108 valence electrons. The zero-order valence-corrected chi connectivity index (χ0v) is 12.1. The molecular formula is C14H12ClN3O3. The van der Waals surface area contributed by atoms with Crippen LogP contribution in [0.1, 0.15) is 21.7 Å². The van der Waals surface area contributed by atoms with Crippen LogP contribution >= 0.6 is 11.6 Å². The first-order valence-electron chi connectivity index (χ1n) is 6.08. The number of carbonyl (C=O) groups excluding carboxylic acids is 1. The topological polar surface area (TPSA) is 85.1 Å². The van der Waals surface area contributed by atoms with E-state index in [4.69, 9.17) is 11.6 Å². The summed E-state index contributed by atoms with van der Waals surface area (Å²) in [7, 11) is 0. The summed E-state index contributed by atoms with van der Waals surface area (Å²) in [6.45, 7) is 3.62. The van der Waals surface area contributed by atoms with Gasteiger partial charge in [-0.2, -0.15) is 0 Å². The second-order valence-electron chi connectivity index (χ2n) is 4.46. The number of nitrogens with one attached hydrogen (secondary N) is 1. The molecule has 1 aromatic heterocycles. The maximum Gasteiger partial charge on any atom is 0.288 e. The van der Waals surface area contributed by atoms with Crippen molar-refractivity contribution in [2.75, 3.05) is 5.32 Å². The summed E-state index contributed by atoms with van der Waals surface area (Å²) in [5, 5.41) is 13.5. The molecule has 0 saturated heterocycles. The Morgan fingerprint density at radius 1 is 1.29 bits per heavy atom. The highest BCUT2D eigenvalue weighted by Gasteiger charge is 2.16. The Bertz CT molecular complexity index is 731. The molecule has 6 nitrogen and oxygen atoms in total. The van der Waals surface area contributed by atoms with Crippen LogP contribution in [0.25, 0.3) is 0 Å². The third kappa shape index (κ3) is 3.35. The molecule has 2 rings (SSSR count). The Labute approximate surface area is 125 Å². The third-order valence-electron chi connectivity index (χ3n) is 2.88. The maximum atomic E-state index is 12.1. The summed E-state index contributed by atoms with van der Waals surface area (Å²) < 4.78 is 0. The summed E-state index contributed by atoms with van der Waals surface area (Å²) in [6, 6.07) is 7.41. The van der Waals surface area contributed by atoms with Crippen LogP contribution in [-0.2, 0) is 0 Å². The lowest BCUT2D eigenvalue weighted by Crippen LogP contribution is -2.13. The van der Waals surface area contributed by atoms with Crippen molar-refractivity contribution in [2.24, 2.45) is 0 Å². The molecular weight excluding hydrogens is 294 g/mol. The molecule has 0 radical (unpaired) electrons. The highest BCUT2D eigenvalue weighted by atomic mass is 35.5. The summed E-state index contributed by atoms with van der Waals surface area (Å²) in [5.74, 6) is -0.455. The number of halogens is 1. The van der Waals surface area contributed by atoms with Gasteiger partial charge in [0.1, 0.15) is 5.02 Å². The van der Waals surface area contributed by atoms with Gasteiger partial charge in [-0.05, 0) is 38.1 Å². The van der Waals surface area contributed by atoms with Gasteiger partial charge in [0.2, 0.25) is 0 Å². The fraction of sp³-hybridized carbons (Fsp3) is 0.143. The van der Waals surface area contributed by atoms with E-state index < -0.39 is 10.8 Å². The molecule has 0 fully saturated rings. The standard InChI is InChI=1S/C14H12ClN3O3/c1-8-3-6-12(9(2)16-8)17-14(19)10-4-5-11(15)13(7-10)18(20)21/h3-7H,1-2H3,(H,17,19). The Balaban J connectivity index is 2.28. The fourth-order valence-corrected chi connectivity index (χ4v) is 1.99. The third-order valence-corrected chi connectivity index (χ3v) is 3.20. The van der Waals surface area contributed by atoms with Crippen LogP contribution < -0.4 is 5.32 Å². The molecule has 0 spiro atoms. The summed E-state index contributed by atoms with van der Waals surface area (Å²) in [4.78, 5) is 26.6. The number of nitrogens with zero attached hydrogens (tertiary/aromatic N) is 2. The quantitative estimate of drug-likeness (QED) is 0.694. The Morgan fingerprint density at radius 2 is 2.00 bits per heavy atom. The number of amides is 1. The van der Waals surface area contributed by atoms with Crippen molar-refractivity contribution in [3.8, 4) is 0 Å².